The molecule has 17 heavy (non-hydrogen) atoms. The van der Waals surface area contributed by atoms with Gasteiger partial charge in [-0.3, -0.25) is 9.80 Å². The molecule has 0 saturated heterocycles. The van der Waals surface area contributed by atoms with Gasteiger partial charge >= 0.3 is 0 Å². The average Bonchev–Trinajstić information content (AvgIpc) is 2.30. The molecule has 1 unspecified atom stereocenters. The maximum atomic E-state index is 11.8. The van der Waals surface area contributed by atoms with E-state index in [0.717, 1.165) is 27.4 Å². The Morgan fingerprint density at radius 3 is 2.41 bits per heavy atom. The Kier molecular flexibility index (Phi) is 4.12. The highest BCUT2D eigenvalue weighted by Gasteiger charge is 2.20. The largest absolute Gasteiger partial charge is 0.496 e. The fourth-order valence-corrected chi connectivity index (χ4v) is 1.95. The van der Waals surface area contributed by atoms with Gasteiger partial charge in [0, 0.05) is 7.05 Å². The standard InChI is InChI=1S/C13H20N2O2/c1-8-9(2)12(17-5)7-6-11(8)10(3)13(16)15(4)14/h6-7,10H,14H2,1-5H3. The lowest BCUT2D eigenvalue weighted by Gasteiger charge is -2.20. The molecule has 0 fully saturated rings. The van der Waals surface area contributed by atoms with Crippen molar-refractivity contribution in [3.63, 3.8) is 0 Å². The molecule has 0 aliphatic heterocycles. The van der Waals surface area contributed by atoms with Crippen LogP contribution in [-0.2, 0) is 4.79 Å². The van der Waals surface area contributed by atoms with Crippen LogP contribution in [0.2, 0.25) is 0 Å². The summed E-state index contributed by atoms with van der Waals surface area (Å²) < 4.78 is 5.25. The zero-order valence-electron chi connectivity index (χ0n) is 11.1. The summed E-state index contributed by atoms with van der Waals surface area (Å²) in [7, 11) is 3.20. The summed E-state index contributed by atoms with van der Waals surface area (Å²) >= 11 is 0. The van der Waals surface area contributed by atoms with Crippen molar-refractivity contribution in [2.24, 2.45) is 5.84 Å². The Labute approximate surface area is 102 Å². The molecule has 0 aliphatic rings. The second kappa shape index (κ2) is 5.19. The lowest BCUT2D eigenvalue weighted by molar-refractivity contribution is -0.131. The van der Waals surface area contributed by atoms with Gasteiger partial charge in [-0.05, 0) is 43.5 Å². The van der Waals surface area contributed by atoms with Gasteiger partial charge in [-0.2, -0.15) is 0 Å². The minimum absolute atomic E-state index is 0.0994. The number of likely N-dealkylation sites (N-methyl/N-ethyl adjacent to an activating group) is 1. The smallest absolute Gasteiger partial charge is 0.243 e. The van der Waals surface area contributed by atoms with Crippen LogP contribution in [0.1, 0.15) is 29.5 Å². The predicted molar refractivity (Wildman–Crippen MR) is 67.8 cm³/mol. The zero-order chi connectivity index (χ0) is 13.2. The third kappa shape index (κ3) is 2.58. The van der Waals surface area contributed by atoms with Crippen LogP contribution in [0.3, 0.4) is 0 Å². The molecule has 1 amide bonds. The van der Waals surface area contributed by atoms with Gasteiger partial charge in [0.05, 0.1) is 13.0 Å². The highest BCUT2D eigenvalue weighted by atomic mass is 16.5. The molecule has 0 spiro atoms. The van der Waals surface area contributed by atoms with Crippen molar-refractivity contribution in [2.45, 2.75) is 26.7 Å². The number of hydrogen-bond donors (Lipinski definition) is 1. The maximum Gasteiger partial charge on any atom is 0.243 e. The average molecular weight is 236 g/mol. The van der Waals surface area contributed by atoms with Crippen LogP contribution in [0, 0.1) is 13.8 Å². The Bertz CT molecular complexity index is 428. The first-order chi connectivity index (χ1) is 7.90. The highest BCUT2D eigenvalue weighted by Crippen LogP contribution is 2.29. The van der Waals surface area contributed by atoms with Crippen molar-refractivity contribution in [3.8, 4) is 5.75 Å². The first kappa shape index (κ1) is 13.5. The molecular formula is C13H20N2O2. The van der Waals surface area contributed by atoms with E-state index < -0.39 is 0 Å². The predicted octanol–water partition coefficient (Wildman–Crippen LogP) is 1.75. The monoisotopic (exact) mass is 236 g/mol. The molecule has 94 valence electrons. The molecular weight excluding hydrogens is 216 g/mol. The second-order valence-corrected chi connectivity index (χ2v) is 4.28. The quantitative estimate of drug-likeness (QED) is 0.494. The summed E-state index contributed by atoms with van der Waals surface area (Å²) in [6, 6.07) is 3.81. The number of nitrogens with two attached hydrogens (primary N) is 1. The van der Waals surface area contributed by atoms with Gasteiger partial charge in [0.15, 0.2) is 0 Å². The molecule has 0 bridgehead atoms. The number of benzene rings is 1. The molecule has 0 aliphatic carbocycles. The SMILES string of the molecule is COc1ccc(C(C)C(=O)N(C)N)c(C)c1C. The number of carbonyl (C=O) groups excluding carboxylic acids is 1. The van der Waals surface area contributed by atoms with E-state index in [-0.39, 0.29) is 11.8 Å². The second-order valence-electron chi connectivity index (χ2n) is 4.28. The van der Waals surface area contributed by atoms with E-state index >= 15 is 0 Å². The minimum atomic E-state index is -0.241. The summed E-state index contributed by atoms with van der Waals surface area (Å²) in [4.78, 5) is 11.8. The first-order valence-electron chi connectivity index (χ1n) is 5.56. The molecule has 0 saturated carbocycles. The van der Waals surface area contributed by atoms with Crippen molar-refractivity contribution in [1.82, 2.24) is 5.01 Å². The molecule has 4 nitrogen and oxygen atoms in total. The van der Waals surface area contributed by atoms with Gasteiger partial charge in [-0.1, -0.05) is 6.07 Å². The number of carbonyl (C=O) groups is 1. The van der Waals surface area contributed by atoms with Crippen LogP contribution in [0.25, 0.3) is 0 Å². The molecule has 1 aromatic rings. The van der Waals surface area contributed by atoms with Gasteiger partial charge in [-0.25, -0.2) is 5.84 Å². The fourth-order valence-electron chi connectivity index (χ4n) is 1.95. The van der Waals surface area contributed by atoms with E-state index in [1.807, 2.05) is 32.9 Å². The normalized spacial score (nSPS) is 12.1. The van der Waals surface area contributed by atoms with Crippen molar-refractivity contribution in [1.29, 1.82) is 0 Å². The number of hydrogen-bond acceptors (Lipinski definition) is 3. The Balaban J connectivity index is 3.16. The van der Waals surface area contributed by atoms with E-state index in [4.69, 9.17) is 10.6 Å². The summed E-state index contributed by atoms with van der Waals surface area (Å²) in [6.45, 7) is 5.84. The third-order valence-corrected chi connectivity index (χ3v) is 3.18. The van der Waals surface area contributed by atoms with Gasteiger partial charge in [0.25, 0.3) is 0 Å². The van der Waals surface area contributed by atoms with Crippen LogP contribution in [0.4, 0.5) is 0 Å². The first-order valence-corrected chi connectivity index (χ1v) is 5.56. The number of nitrogens with zero attached hydrogens (tertiary/aromatic N) is 1. The van der Waals surface area contributed by atoms with Crippen LogP contribution in [-0.4, -0.2) is 25.1 Å². The number of ether oxygens (including phenoxy) is 1. The van der Waals surface area contributed by atoms with Gasteiger partial charge in [0.1, 0.15) is 5.75 Å². The third-order valence-electron chi connectivity index (χ3n) is 3.18. The van der Waals surface area contributed by atoms with E-state index in [1.54, 1.807) is 14.2 Å². The van der Waals surface area contributed by atoms with Crippen LogP contribution in [0.15, 0.2) is 12.1 Å². The zero-order valence-corrected chi connectivity index (χ0v) is 11.1. The van der Waals surface area contributed by atoms with Crippen molar-refractivity contribution in [2.75, 3.05) is 14.2 Å². The lowest BCUT2D eigenvalue weighted by Crippen LogP contribution is -2.36. The maximum absolute atomic E-state index is 11.8. The Hall–Kier alpha value is -1.55. The summed E-state index contributed by atoms with van der Waals surface area (Å²) in [5.41, 5.74) is 3.13. The molecule has 1 aromatic carbocycles. The van der Waals surface area contributed by atoms with Crippen molar-refractivity contribution in [3.05, 3.63) is 28.8 Å². The van der Waals surface area contributed by atoms with Crippen molar-refractivity contribution < 1.29 is 9.53 Å². The molecule has 1 rings (SSSR count). The molecule has 4 heteroatoms. The van der Waals surface area contributed by atoms with E-state index in [9.17, 15) is 4.79 Å². The summed E-state index contributed by atoms with van der Waals surface area (Å²) in [5, 5.41) is 1.13. The highest BCUT2D eigenvalue weighted by molar-refractivity contribution is 5.83. The number of rotatable bonds is 3. The van der Waals surface area contributed by atoms with Crippen LogP contribution < -0.4 is 10.6 Å². The molecule has 0 radical (unpaired) electrons. The fraction of sp³-hybridized carbons (Fsp3) is 0.462. The summed E-state index contributed by atoms with van der Waals surface area (Å²) in [6.07, 6.45) is 0. The Morgan fingerprint density at radius 1 is 1.35 bits per heavy atom. The number of hydrazine groups is 1. The molecule has 2 N–H and O–H groups in total. The molecule has 0 aromatic heterocycles. The minimum Gasteiger partial charge on any atom is -0.496 e. The van der Waals surface area contributed by atoms with Gasteiger partial charge in [-0.15, -0.1) is 0 Å². The van der Waals surface area contributed by atoms with E-state index in [0.29, 0.717) is 0 Å². The van der Waals surface area contributed by atoms with Crippen LogP contribution >= 0.6 is 0 Å². The topological polar surface area (TPSA) is 55.6 Å². The van der Waals surface area contributed by atoms with Crippen molar-refractivity contribution >= 4 is 5.91 Å². The molecule has 1 atom stereocenters. The lowest BCUT2D eigenvalue weighted by atomic mass is 9.92. The van der Waals surface area contributed by atoms with Gasteiger partial charge < -0.3 is 4.74 Å². The number of amides is 1. The van der Waals surface area contributed by atoms with Gasteiger partial charge in [0.2, 0.25) is 5.91 Å². The summed E-state index contributed by atoms with van der Waals surface area (Å²) in [5.74, 6) is 5.98. The Morgan fingerprint density at radius 2 is 1.94 bits per heavy atom. The van der Waals surface area contributed by atoms with Crippen LogP contribution in [0.5, 0.6) is 5.75 Å². The number of methoxy groups -OCH3 is 1. The van der Waals surface area contributed by atoms with E-state index in [1.165, 1.54) is 0 Å². The molecule has 0 heterocycles. The van der Waals surface area contributed by atoms with E-state index in [2.05, 4.69) is 0 Å².